The van der Waals surface area contributed by atoms with Crippen molar-refractivity contribution in [1.82, 2.24) is 30.6 Å². The number of aromatic nitrogens is 4. The van der Waals surface area contributed by atoms with Crippen LogP contribution in [0.1, 0.15) is 98.4 Å². The third-order valence-electron chi connectivity index (χ3n) is 8.99. The molecule has 8 bridgehead atoms. The van der Waals surface area contributed by atoms with Gasteiger partial charge in [0.15, 0.2) is 0 Å². The first-order chi connectivity index (χ1) is 22.1. The second-order valence-corrected chi connectivity index (χ2v) is 11.8. The molecule has 3 aromatic rings. The minimum atomic E-state index is 0.00766. The number of fused-ring (bicyclic) bond motifs is 8. The van der Waals surface area contributed by atoms with Gasteiger partial charge in [0, 0.05) is 59.1 Å². The molecule has 238 valence electrons. The lowest BCUT2D eigenvalue weighted by Crippen LogP contribution is -2.22. The van der Waals surface area contributed by atoms with Gasteiger partial charge in [-0.05, 0) is 112 Å². The molecular formula is C38H44N6O2. The van der Waals surface area contributed by atoms with Crippen molar-refractivity contribution < 1.29 is 9.59 Å². The lowest BCUT2D eigenvalue weighted by molar-refractivity contribution is -0.121. The molecule has 2 aliphatic rings. The fourth-order valence-corrected chi connectivity index (χ4v) is 6.35. The number of rotatable bonds is 10. The number of carbonyl (C=O) groups is 2. The van der Waals surface area contributed by atoms with E-state index in [1.807, 2.05) is 32.1 Å². The van der Waals surface area contributed by atoms with Crippen LogP contribution in [0, 0.1) is 13.8 Å². The number of carbonyl (C=O) groups excluding carboxylic acids is 2. The van der Waals surface area contributed by atoms with Crippen molar-refractivity contribution in [3.8, 4) is 0 Å². The molecule has 0 radical (unpaired) electrons. The van der Waals surface area contributed by atoms with Gasteiger partial charge < -0.3 is 20.6 Å². The number of allylic oxidation sites excluding steroid dienone is 4. The van der Waals surface area contributed by atoms with Crippen LogP contribution in [-0.4, -0.2) is 44.8 Å². The predicted molar refractivity (Wildman–Crippen MR) is 191 cm³/mol. The van der Waals surface area contributed by atoms with Gasteiger partial charge in [0.1, 0.15) is 0 Å². The van der Waals surface area contributed by atoms with Crippen molar-refractivity contribution in [3.05, 3.63) is 82.5 Å². The fraction of sp³-hybridized carbons (Fsp3) is 0.316. The van der Waals surface area contributed by atoms with Crippen LogP contribution >= 0.6 is 0 Å². The third kappa shape index (κ3) is 6.25. The fourth-order valence-electron chi connectivity index (χ4n) is 6.35. The van der Waals surface area contributed by atoms with Crippen LogP contribution in [0.25, 0.3) is 56.5 Å². The Bertz CT molecular complexity index is 1990. The summed E-state index contributed by atoms with van der Waals surface area (Å²) in [6.45, 7) is 21.5. The highest BCUT2D eigenvalue weighted by Gasteiger charge is 2.23. The molecule has 5 heterocycles. The minimum Gasteiger partial charge on any atom is -0.356 e. The number of amides is 2. The lowest BCUT2D eigenvalue weighted by atomic mass is 9.98. The van der Waals surface area contributed by atoms with E-state index in [0.717, 1.165) is 89.4 Å². The van der Waals surface area contributed by atoms with Crippen LogP contribution in [-0.2, 0) is 9.59 Å². The number of nitrogens with one attached hydrogen (secondary N) is 4. The first-order valence-electron chi connectivity index (χ1n) is 16.0. The zero-order chi connectivity index (χ0) is 33.1. The quantitative estimate of drug-likeness (QED) is 0.185. The van der Waals surface area contributed by atoms with Gasteiger partial charge in [0.25, 0.3) is 0 Å². The number of nitrogens with zero attached hydrogens (tertiary/aromatic N) is 2. The second-order valence-electron chi connectivity index (χ2n) is 11.8. The third-order valence-corrected chi connectivity index (χ3v) is 8.99. The molecule has 0 spiro atoms. The van der Waals surface area contributed by atoms with E-state index in [-0.39, 0.29) is 11.8 Å². The maximum absolute atomic E-state index is 12.5. The average molecular weight is 617 g/mol. The van der Waals surface area contributed by atoms with Gasteiger partial charge in [-0.3, -0.25) is 9.59 Å². The van der Waals surface area contributed by atoms with E-state index in [1.165, 1.54) is 0 Å². The molecular weight excluding hydrogens is 572 g/mol. The molecule has 46 heavy (non-hydrogen) atoms. The van der Waals surface area contributed by atoms with Crippen molar-refractivity contribution in [1.29, 1.82) is 0 Å². The number of H-pyrrole nitrogens is 2. The monoisotopic (exact) mass is 616 g/mol. The number of aryl methyl sites for hydroxylation is 2. The van der Waals surface area contributed by atoms with Gasteiger partial charge in [-0.25, -0.2) is 9.97 Å². The second kappa shape index (κ2) is 13.6. The van der Waals surface area contributed by atoms with Gasteiger partial charge in [0.05, 0.1) is 22.8 Å². The number of hydrogen-bond donors (Lipinski definition) is 4. The summed E-state index contributed by atoms with van der Waals surface area (Å²) >= 11 is 0. The molecule has 0 fully saturated rings. The smallest absolute Gasteiger partial charge is 0.220 e. The SMILES string of the molecule is C=Cc1c(C)c2cc3[nH]c(cc4nc(cc5nc(cc1[nH]2)C(C)=C5CCC(=O)NCC)C(CCC(=O)NCC)=C4C)c(C)c3C=C. The highest BCUT2D eigenvalue weighted by molar-refractivity contribution is 5.97. The maximum atomic E-state index is 12.5. The molecule has 0 aromatic carbocycles. The zero-order valence-corrected chi connectivity index (χ0v) is 27.8. The standard InChI is InChI=1S/C38H44N6O2/c1-9-25-21(5)29-17-30-23(7)27(13-15-37(45)39-11-3)35(43-30)20-36-28(14-16-38(46)40-12-4)24(8)32(44-36)19-34-26(10-2)22(6)31(42-34)18-33(25)41-29/h9-10,17-20,41-42H,1-2,11-16H2,3-8H3,(H,39,45)(H,40,46). The van der Waals surface area contributed by atoms with Crippen LogP contribution in [0.15, 0.2) is 37.4 Å². The molecule has 2 aliphatic heterocycles. The van der Waals surface area contributed by atoms with Crippen LogP contribution in [0.4, 0.5) is 0 Å². The largest absolute Gasteiger partial charge is 0.356 e. The number of aromatic amines is 2. The molecule has 8 nitrogen and oxygen atoms in total. The molecule has 4 N–H and O–H groups in total. The van der Waals surface area contributed by atoms with Crippen molar-refractivity contribution in [2.45, 2.75) is 67.2 Å². The van der Waals surface area contributed by atoms with Crippen LogP contribution < -0.4 is 10.6 Å². The number of hydrogen-bond acceptors (Lipinski definition) is 4. The Morgan fingerprint density at radius 1 is 0.652 bits per heavy atom. The van der Waals surface area contributed by atoms with E-state index in [0.29, 0.717) is 38.8 Å². The summed E-state index contributed by atoms with van der Waals surface area (Å²) in [6.07, 6.45) is 5.56. The summed E-state index contributed by atoms with van der Waals surface area (Å²) < 4.78 is 0. The minimum absolute atomic E-state index is 0.00766. The van der Waals surface area contributed by atoms with Crippen molar-refractivity contribution in [3.63, 3.8) is 0 Å². The average Bonchev–Trinajstić information content (AvgIpc) is 3.68. The van der Waals surface area contributed by atoms with E-state index >= 15 is 0 Å². The molecule has 5 rings (SSSR count). The Hall–Kier alpha value is -4.98. The summed E-state index contributed by atoms with van der Waals surface area (Å²) in [6, 6.07) is 8.28. The highest BCUT2D eigenvalue weighted by atomic mass is 16.2. The van der Waals surface area contributed by atoms with Gasteiger partial charge in [-0.1, -0.05) is 25.3 Å². The predicted octanol–water partition coefficient (Wildman–Crippen LogP) is 7.91. The molecule has 0 unspecified atom stereocenters. The molecule has 0 atom stereocenters. The molecule has 2 amide bonds. The van der Waals surface area contributed by atoms with Crippen LogP contribution in [0.3, 0.4) is 0 Å². The molecule has 8 heteroatoms. The zero-order valence-electron chi connectivity index (χ0n) is 27.8. The molecule has 0 saturated carbocycles. The topological polar surface area (TPSA) is 116 Å². The maximum Gasteiger partial charge on any atom is 0.220 e. The highest BCUT2D eigenvalue weighted by Crippen LogP contribution is 2.38. The molecule has 0 saturated heterocycles. The van der Waals surface area contributed by atoms with Gasteiger partial charge in [-0.15, -0.1) is 0 Å². The van der Waals surface area contributed by atoms with Gasteiger partial charge >= 0.3 is 0 Å². The van der Waals surface area contributed by atoms with E-state index in [2.05, 4.69) is 79.7 Å². The Labute approximate surface area is 270 Å². The van der Waals surface area contributed by atoms with E-state index in [1.54, 1.807) is 0 Å². The lowest BCUT2D eigenvalue weighted by Gasteiger charge is -2.07. The Kier molecular flexibility index (Phi) is 9.56. The van der Waals surface area contributed by atoms with Crippen LogP contribution in [0.2, 0.25) is 0 Å². The summed E-state index contributed by atoms with van der Waals surface area (Å²) in [4.78, 5) is 42.5. The Balaban J connectivity index is 1.85. The van der Waals surface area contributed by atoms with E-state index < -0.39 is 0 Å². The Morgan fingerprint density at radius 2 is 1.07 bits per heavy atom. The summed E-state index contributed by atoms with van der Waals surface area (Å²) in [7, 11) is 0. The first kappa shape index (κ1) is 32.4. The molecule has 0 aliphatic carbocycles. The summed E-state index contributed by atoms with van der Waals surface area (Å²) in [5, 5.41) is 5.82. The van der Waals surface area contributed by atoms with Gasteiger partial charge in [0.2, 0.25) is 11.8 Å². The van der Waals surface area contributed by atoms with Crippen molar-refractivity contribution in [2.24, 2.45) is 0 Å². The van der Waals surface area contributed by atoms with E-state index in [4.69, 9.17) is 9.97 Å². The van der Waals surface area contributed by atoms with Crippen LogP contribution in [0.5, 0.6) is 0 Å². The van der Waals surface area contributed by atoms with Gasteiger partial charge in [-0.2, -0.15) is 0 Å². The van der Waals surface area contributed by atoms with Crippen molar-refractivity contribution >= 4 is 68.3 Å². The summed E-state index contributed by atoms with van der Waals surface area (Å²) in [5.41, 5.74) is 15.3. The molecule has 3 aromatic heterocycles. The summed E-state index contributed by atoms with van der Waals surface area (Å²) in [5.74, 6) is 0.0162. The van der Waals surface area contributed by atoms with Crippen molar-refractivity contribution in [2.75, 3.05) is 13.1 Å². The van der Waals surface area contributed by atoms with E-state index in [9.17, 15) is 9.59 Å². The first-order valence-corrected chi connectivity index (χ1v) is 16.0. The Morgan fingerprint density at radius 3 is 1.50 bits per heavy atom. The normalized spacial score (nSPS) is 12.8.